The number of hydrogen-bond acceptors (Lipinski definition) is 2. The van der Waals surface area contributed by atoms with Crippen molar-refractivity contribution in [2.75, 3.05) is 13.1 Å². The summed E-state index contributed by atoms with van der Waals surface area (Å²) >= 11 is 0. The van der Waals surface area contributed by atoms with Crippen molar-refractivity contribution in [3.05, 3.63) is 0 Å². The average Bonchev–Trinajstić information content (AvgIpc) is 2.48. The SMILES string of the molecule is CC(CC(=O)N1CCCCC1CN)C1CCCCC1. The summed E-state index contributed by atoms with van der Waals surface area (Å²) in [5.41, 5.74) is 5.81. The molecule has 2 atom stereocenters. The fraction of sp³-hybridized carbons (Fsp3) is 0.938. The first-order valence-corrected chi connectivity index (χ1v) is 8.22. The van der Waals surface area contributed by atoms with Crippen molar-refractivity contribution in [3.8, 4) is 0 Å². The molecule has 0 aromatic heterocycles. The number of piperidine rings is 1. The highest BCUT2D eigenvalue weighted by atomic mass is 16.2. The summed E-state index contributed by atoms with van der Waals surface area (Å²) in [7, 11) is 0. The van der Waals surface area contributed by atoms with Gasteiger partial charge in [-0.05, 0) is 31.1 Å². The summed E-state index contributed by atoms with van der Waals surface area (Å²) in [4.78, 5) is 14.6. The zero-order chi connectivity index (χ0) is 13.7. The first-order chi connectivity index (χ1) is 9.22. The fourth-order valence-electron chi connectivity index (χ4n) is 3.84. The lowest BCUT2D eigenvalue weighted by Crippen LogP contribution is -2.48. The fourth-order valence-corrected chi connectivity index (χ4v) is 3.84. The number of nitrogens with zero attached hydrogens (tertiary/aromatic N) is 1. The Morgan fingerprint density at radius 2 is 1.84 bits per heavy atom. The van der Waals surface area contributed by atoms with Crippen molar-refractivity contribution in [1.29, 1.82) is 0 Å². The van der Waals surface area contributed by atoms with Crippen molar-refractivity contribution in [2.45, 2.75) is 70.8 Å². The topological polar surface area (TPSA) is 46.3 Å². The molecule has 0 aromatic carbocycles. The minimum atomic E-state index is 0.305. The van der Waals surface area contributed by atoms with E-state index >= 15 is 0 Å². The van der Waals surface area contributed by atoms with Gasteiger partial charge in [0.1, 0.15) is 0 Å². The molecular weight excluding hydrogens is 236 g/mol. The van der Waals surface area contributed by atoms with E-state index in [1.54, 1.807) is 0 Å². The van der Waals surface area contributed by atoms with Crippen LogP contribution in [0.5, 0.6) is 0 Å². The first kappa shape index (κ1) is 14.8. The molecule has 1 saturated carbocycles. The molecule has 3 nitrogen and oxygen atoms in total. The molecular formula is C16H30N2O. The number of hydrogen-bond donors (Lipinski definition) is 1. The minimum Gasteiger partial charge on any atom is -0.338 e. The largest absolute Gasteiger partial charge is 0.338 e. The van der Waals surface area contributed by atoms with E-state index in [-0.39, 0.29) is 0 Å². The number of amides is 1. The second kappa shape index (κ2) is 7.28. The predicted molar refractivity (Wildman–Crippen MR) is 78.8 cm³/mol. The molecule has 0 spiro atoms. The Morgan fingerprint density at radius 3 is 2.53 bits per heavy atom. The number of carbonyl (C=O) groups is 1. The normalized spacial score (nSPS) is 27.3. The van der Waals surface area contributed by atoms with Gasteiger partial charge in [0.15, 0.2) is 0 Å². The van der Waals surface area contributed by atoms with E-state index in [1.165, 1.54) is 38.5 Å². The van der Waals surface area contributed by atoms with Crippen molar-refractivity contribution in [3.63, 3.8) is 0 Å². The molecule has 0 bridgehead atoms. The van der Waals surface area contributed by atoms with Gasteiger partial charge in [0.2, 0.25) is 5.91 Å². The van der Waals surface area contributed by atoms with Crippen molar-refractivity contribution < 1.29 is 4.79 Å². The van der Waals surface area contributed by atoms with E-state index in [0.29, 0.717) is 24.4 Å². The monoisotopic (exact) mass is 266 g/mol. The highest BCUT2D eigenvalue weighted by molar-refractivity contribution is 5.77. The third kappa shape index (κ3) is 3.95. The molecule has 1 amide bonds. The predicted octanol–water partition coefficient (Wildman–Crippen LogP) is 2.93. The Balaban J connectivity index is 1.84. The van der Waals surface area contributed by atoms with Crippen LogP contribution in [0.2, 0.25) is 0 Å². The summed E-state index contributed by atoms with van der Waals surface area (Å²) in [6, 6.07) is 0.305. The van der Waals surface area contributed by atoms with E-state index in [2.05, 4.69) is 11.8 Å². The summed E-state index contributed by atoms with van der Waals surface area (Å²) in [6.07, 6.45) is 11.0. The first-order valence-electron chi connectivity index (χ1n) is 8.22. The number of carbonyl (C=O) groups excluding carboxylic acids is 1. The van der Waals surface area contributed by atoms with Crippen LogP contribution in [0.25, 0.3) is 0 Å². The van der Waals surface area contributed by atoms with Gasteiger partial charge < -0.3 is 10.6 Å². The Labute approximate surface area is 117 Å². The lowest BCUT2D eigenvalue weighted by Gasteiger charge is -2.36. The van der Waals surface area contributed by atoms with Crippen molar-refractivity contribution >= 4 is 5.91 Å². The highest BCUT2D eigenvalue weighted by Gasteiger charge is 2.28. The molecule has 2 aliphatic rings. The van der Waals surface area contributed by atoms with Crippen LogP contribution in [0.3, 0.4) is 0 Å². The summed E-state index contributed by atoms with van der Waals surface area (Å²) in [5.74, 6) is 1.68. The second-order valence-electron chi connectivity index (χ2n) is 6.55. The third-order valence-corrected chi connectivity index (χ3v) is 5.17. The molecule has 1 saturated heterocycles. The molecule has 19 heavy (non-hydrogen) atoms. The molecule has 110 valence electrons. The molecule has 2 fully saturated rings. The van der Waals surface area contributed by atoms with Gasteiger partial charge in [0.05, 0.1) is 0 Å². The molecule has 2 rings (SSSR count). The minimum absolute atomic E-state index is 0.305. The maximum Gasteiger partial charge on any atom is 0.223 e. The molecule has 0 aromatic rings. The van der Waals surface area contributed by atoms with Gasteiger partial charge >= 0.3 is 0 Å². The van der Waals surface area contributed by atoms with Crippen LogP contribution in [0.4, 0.5) is 0 Å². The van der Waals surface area contributed by atoms with Crippen LogP contribution in [0, 0.1) is 11.8 Å². The van der Waals surface area contributed by atoms with Gasteiger partial charge in [-0.2, -0.15) is 0 Å². The Morgan fingerprint density at radius 1 is 1.16 bits per heavy atom. The van der Waals surface area contributed by atoms with Crippen molar-refractivity contribution in [1.82, 2.24) is 4.90 Å². The van der Waals surface area contributed by atoms with Crippen LogP contribution in [-0.2, 0) is 4.79 Å². The summed E-state index contributed by atoms with van der Waals surface area (Å²) < 4.78 is 0. The smallest absolute Gasteiger partial charge is 0.223 e. The van der Waals surface area contributed by atoms with Crippen LogP contribution >= 0.6 is 0 Å². The van der Waals surface area contributed by atoms with Gasteiger partial charge in [-0.15, -0.1) is 0 Å². The summed E-state index contributed by atoms with van der Waals surface area (Å²) in [5, 5.41) is 0. The van der Waals surface area contributed by atoms with Gasteiger partial charge in [-0.1, -0.05) is 39.0 Å². The highest BCUT2D eigenvalue weighted by Crippen LogP contribution is 2.32. The number of nitrogens with two attached hydrogens (primary N) is 1. The third-order valence-electron chi connectivity index (χ3n) is 5.17. The molecule has 0 radical (unpaired) electrons. The Hall–Kier alpha value is -0.570. The summed E-state index contributed by atoms with van der Waals surface area (Å²) in [6.45, 7) is 3.83. The quantitative estimate of drug-likeness (QED) is 0.850. The molecule has 3 heteroatoms. The van der Waals surface area contributed by atoms with Gasteiger partial charge in [0, 0.05) is 25.6 Å². The van der Waals surface area contributed by atoms with E-state index < -0.39 is 0 Å². The zero-order valence-corrected chi connectivity index (χ0v) is 12.4. The standard InChI is InChI=1S/C16H30N2O/c1-13(14-7-3-2-4-8-14)11-16(19)18-10-6-5-9-15(18)12-17/h13-15H,2-12,17H2,1H3. The van der Waals surface area contributed by atoms with E-state index in [1.807, 2.05) is 0 Å². The average molecular weight is 266 g/mol. The molecule has 2 unspecified atom stereocenters. The lowest BCUT2D eigenvalue weighted by molar-refractivity contribution is -0.136. The second-order valence-corrected chi connectivity index (χ2v) is 6.55. The maximum atomic E-state index is 12.5. The van der Waals surface area contributed by atoms with Gasteiger partial charge in [-0.25, -0.2) is 0 Å². The van der Waals surface area contributed by atoms with E-state index in [4.69, 9.17) is 5.73 Å². The lowest BCUT2D eigenvalue weighted by atomic mass is 9.79. The van der Waals surface area contributed by atoms with Crippen LogP contribution in [0.15, 0.2) is 0 Å². The van der Waals surface area contributed by atoms with Crippen LogP contribution in [-0.4, -0.2) is 29.9 Å². The molecule has 1 aliphatic heterocycles. The number of rotatable bonds is 4. The maximum absolute atomic E-state index is 12.5. The molecule has 1 aliphatic carbocycles. The molecule has 1 heterocycles. The Bertz CT molecular complexity index is 286. The van der Waals surface area contributed by atoms with Gasteiger partial charge in [0.25, 0.3) is 0 Å². The van der Waals surface area contributed by atoms with E-state index in [9.17, 15) is 4.79 Å². The van der Waals surface area contributed by atoms with Crippen LogP contribution in [0.1, 0.15) is 64.7 Å². The number of likely N-dealkylation sites (tertiary alicyclic amines) is 1. The molecule has 2 N–H and O–H groups in total. The van der Waals surface area contributed by atoms with Crippen LogP contribution < -0.4 is 5.73 Å². The zero-order valence-electron chi connectivity index (χ0n) is 12.4. The van der Waals surface area contributed by atoms with E-state index in [0.717, 1.165) is 31.7 Å². The Kier molecular flexibility index (Phi) is 5.68. The van der Waals surface area contributed by atoms with Gasteiger partial charge in [-0.3, -0.25) is 4.79 Å². The van der Waals surface area contributed by atoms with Crippen molar-refractivity contribution in [2.24, 2.45) is 17.6 Å².